The molecule has 0 aliphatic heterocycles. The first-order valence-corrected chi connectivity index (χ1v) is 8.97. The van der Waals surface area contributed by atoms with Crippen molar-refractivity contribution in [3.63, 3.8) is 0 Å². The summed E-state index contributed by atoms with van der Waals surface area (Å²) in [6.07, 6.45) is 0. The smallest absolute Gasteiger partial charge is 0.272 e. The van der Waals surface area contributed by atoms with Crippen molar-refractivity contribution in [2.75, 3.05) is 4.72 Å². The van der Waals surface area contributed by atoms with Crippen molar-refractivity contribution < 1.29 is 12.8 Å². The Morgan fingerprint density at radius 2 is 1.95 bits per heavy atom. The summed E-state index contributed by atoms with van der Waals surface area (Å²) in [7, 11) is -3.71. The molecule has 0 fully saturated rings. The van der Waals surface area contributed by atoms with Gasteiger partial charge in [0.05, 0.1) is 10.2 Å². The second-order valence-corrected chi connectivity index (χ2v) is 8.25. The van der Waals surface area contributed by atoms with Gasteiger partial charge in [0.15, 0.2) is 4.21 Å². The van der Waals surface area contributed by atoms with Crippen LogP contribution in [0.3, 0.4) is 0 Å². The molecule has 0 unspecified atom stereocenters. The number of aryl methyl sites for hydroxylation is 1. The Kier molecular flexibility index (Phi) is 4.34. The van der Waals surface area contributed by atoms with E-state index in [9.17, 15) is 12.8 Å². The predicted molar refractivity (Wildman–Crippen MR) is 81.7 cm³/mol. The number of rotatable bonds is 3. The molecule has 0 atom stereocenters. The SMILES string of the molecule is Cc1cc(Br)c(F)cc1NS(=O)(=O)c1sccc1Br. The highest BCUT2D eigenvalue weighted by molar-refractivity contribution is 9.10. The summed E-state index contributed by atoms with van der Waals surface area (Å²) in [4.78, 5) is 0. The summed E-state index contributed by atoms with van der Waals surface area (Å²) in [5.74, 6) is -0.520. The third-order valence-corrected chi connectivity index (χ3v) is 6.98. The minimum Gasteiger partial charge on any atom is -0.279 e. The summed E-state index contributed by atoms with van der Waals surface area (Å²) < 4.78 is 41.1. The van der Waals surface area contributed by atoms with E-state index in [1.54, 1.807) is 18.4 Å². The molecule has 2 rings (SSSR count). The van der Waals surface area contributed by atoms with E-state index in [2.05, 4.69) is 36.6 Å². The van der Waals surface area contributed by atoms with Crippen molar-refractivity contribution in [1.29, 1.82) is 0 Å². The molecule has 102 valence electrons. The lowest BCUT2D eigenvalue weighted by molar-refractivity contribution is 0.602. The fourth-order valence-corrected chi connectivity index (χ4v) is 5.34. The molecular formula is C11H8Br2FNO2S2. The van der Waals surface area contributed by atoms with E-state index >= 15 is 0 Å². The highest BCUT2D eigenvalue weighted by atomic mass is 79.9. The topological polar surface area (TPSA) is 46.2 Å². The number of halogens is 3. The van der Waals surface area contributed by atoms with Crippen LogP contribution in [0.1, 0.15) is 5.56 Å². The lowest BCUT2D eigenvalue weighted by atomic mass is 10.2. The maximum Gasteiger partial charge on any atom is 0.272 e. The van der Waals surface area contributed by atoms with Crippen LogP contribution in [0.2, 0.25) is 0 Å². The highest BCUT2D eigenvalue weighted by Crippen LogP contribution is 2.31. The van der Waals surface area contributed by atoms with Gasteiger partial charge in [-0.1, -0.05) is 0 Å². The molecule has 0 saturated heterocycles. The van der Waals surface area contributed by atoms with Crippen LogP contribution in [0.15, 0.2) is 36.7 Å². The number of hydrogen-bond donors (Lipinski definition) is 1. The van der Waals surface area contributed by atoms with Crippen LogP contribution in [-0.4, -0.2) is 8.42 Å². The molecule has 0 saturated carbocycles. The van der Waals surface area contributed by atoms with Crippen molar-refractivity contribution in [3.8, 4) is 0 Å². The van der Waals surface area contributed by atoms with E-state index in [1.165, 1.54) is 6.07 Å². The molecule has 0 spiro atoms. The van der Waals surface area contributed by atoms with Gasteiger partial charge in [0, 0.05) is 4.47 Å². The summed E-state index contributed by atoms with van der Waals surface area (Å²) in [5.41, 5.74) is 0.852. The zero-order valence-corrected chi connectivity index (χ0v) is 14.4. The average molecular weight is 429 g/mol. The third kappa shape index (κ3) is 3.18. The van der Waals surface area contributed by atoms with Crippen LogP contribution in [0.4, 0.5) is 10.1 Å². The predicted octanol–water partition coefficient (Wildman–Crippen LogP) is 4.52. The Morgan fingerprint density at radius 1 is 1.26 bits per heavy atom. The first kappa shape index (κ1) is 15.0. The molecule has 0 aliphatic carbocycles. The molecular weight excluding hydrogens is 421 g/mol. The fourth-order valence-electron chi connectivity index (χ4n) is 1.42. The summed E-state index contributed by atoms with van der Waals surface area (Å²) in [6, 6.07) is 4.32. The monoisotopic (exact) mass is 427 g/mol. The van der Waals surface area contributed by atoms with Gasteiger partial charge in [-0.2, -0.15) is 0 Å². The van der Waals surface area contributed by atoms with E-state index in [0.29, 0.717) is 14.5 Å². The van der Waals surface area contributed by atoms with Crippen LogP contribution in [-0.2, 0) is 10.0 Å². The van der Waals surface area contributed by atoms with Crippen molar-refractivity contribution in [3.05, 3.63) is 43.9 Å². The number of anilines is 1. The summed E-state index contributed by atoms with van der Waals surface area (Å²) in [6.45, 7) is 1.70. The van der Waals surface area contributed by atoms with Gasteiger partial charge >= 0.3 is 0 Å². The van der Waals surface area contributed by atoms with E-state index in [1.807, 2.05) is 0 Å². The van der Waals surface area contributed by atoms with Gasteiger partial charge in [0.25, 0.3) is 10.0 Å². The lowest BCUT2D eigenvalue weighted by Gasteiger charge is -2.10. The van der Waals surface area contributed by atoms with Gasteiger partial charge in [-0.05, 0) is 67.9 Å². The zero-order chi connectivity index (χ0) is 14.2. The number of nitrogens with one attached hydrogen (secondary N) is 1. The Labute approximate surface area is 131 Å². The molecule has 0 aliphatic rings. The quantitative estimate of drug-likeness (QED) is 0.780. The van der Waals surface area contributed by atoms with Gasteiger partial charge in [-0.25, -0.2) is 12.8 Å². The first-order chi connectivity index (χ1) is 8.81. The molecule has 0 amide bonds. The van der Waals surface area contributed by atoms with Crippen molar-refractivity contribution in [2.45, 2.75) is 11.1 Å². The Bertz CT molecular complexity index is 728. The van der Waals surface area contributed by atoms with E-state index < -0.39 is 15.8 Å². The molecule has 19 heavy (non-hydrogen) atoms. The molecule has 1 aromatic heterocycles. The normalized spacial score (nSPS) is 11.6. The number of thiophene rings is 1. The second kappa shape index (κ2) is 5.51. The van der Waals surface area contributed by atoms with Gasteiger partial charge in [0.2, 0.25) is 0 Å². The summed E-state index contributed by atoms with van der Waals surface area (Å²) in [5, 5.41) is 1.66. The van der Waals surface area contributed by atoms with E-state index in [0.717, 1.165) is 17.4 Å². The third-order valence-electron chi connectivity index (χ3n) is 2.34. The average Bonchev–Trinajstić information content (AvgIpc) is 2.73. The largest absolute Gasteiger partial charge is 0.279 e. The standard InChI is InChI=1S/C11H8Br2FNO2S2/c1-6-4-8(13)9(14)5-10(6)15-19(16,17)11-7(12)2-3-18-11/h2-5,15H,1H3. The van der Waals surface area contributed by atoms with E-state index in [-0.39, 0.29) is 9.90 Å². The molecule has 1 heterocycles. The summed E-state index contributed by atoms with van der Waals surface area (Å²) >= 11 is 7.31. The van der Waals surface area contributed by atoms with Crippen LogP contribution >= 0.6 is 43.2 Å². The lowest BCUT2D eigenvalue weighted by Crippen LogP contribution is -2.13. The zero-order valence-electron chi connectivity index (χ0n) is 9.58. The number of hydrogen-bond acceptors (Lipinski definition) is 3. The molecule has 1 N–H and O–H groups in total. The molecule has 0 bridgehead atoms. The number of benzene rings is 1. The van der Waals surface area contributed by atoms with Gasteiger partial charge < -0.3 is 0 Å². The van der Waals surface area contributed by atoms with Crippen LogP contribution in [0.25, 0.3) is 0 Å². The fraction of sp³-hybridized carbons (Fsp3) is 0.0909. The van der Waals surface area contributed by atoms with Crippen molar-refractivity contribution >= 4 is 58.9 Å². The maximum atomic E-state index is 13.5. The molecule has 2 aromatic rings. The van der Waals surface area contributed by atoms with Gasteiger partial charge in [-0.3, -0.25) is 4.72 Å². The molecule has 3 nitrogen and oxygen atoms in total. The Hall–Kier alpha value is -0.440. The minimum absolute atomic E-state index is 0.162. The van der Waals surface area contributed by atoms with Crippen LogP contribution in [0, 0.1) is 12.7 Å². The van der Waals surface area contributed by atoms with E-state index in [4.69, 9.17) is 0 Å². The molecule has 0 radical (unpaired) electrons. The highest BCUT2D eigenvalue weighted by Gasteiger charge is 2.20. The first-order valence-electron chi connectivity index (χ1n) is 5.03. The molecule has 8 heteroatoms. The van der Waals surface area contributed by atoms with Crippen molar-refractivity contribution in [1.82, 2.24) is 0 Å². The van der Waals surface area contributed by atoms with Crippen LogP contribution in [0.5, 0.6) is 0 Å². The van der Waals surface area contributed by atoms with Gasteiger partial charge in [0.1, 0.15) is 5.82 Å². The Morgan fingerprint density at radius 3 is 2.53 bits per heavy atom. The minimum atomic E-state index is -3.71. The number of sulfonamides is 1. The maximum absolute atomic E-state index is 13.5. The van der Waals surface area contributed by atoms with Crippen molar-refractivity contribution in [2.24, 2.45) is 0 Å². The molecule has 1 aromatic carbocycles. The Balaban J connectivity index is 2.42. The van der Waals surface area contributed by atoms with Gasteiger partial charge in [-0.15, -0.1) is 11.3 Å². The second-order valence-electron chi connectivity index (χ2n) is 3.74. The van der Waals surface area contributed by atoms with Crippen LogP contribution < -0.4 is 4.72 Å².